The van der Waals surface area contributed by atoms with Gasteiger partial charge in [-0.15, -0.1) is 0 Å². The third kappa shape index (κ3) is 5.27. The maximum Gasteiger partial charge on any atom is 0.257 e. The van der Waals surface area contributed by atoms with E-state index in [1.807, 2.05) is 0 Å². The molecule has 0 saturated carbocycles. The third-order valence-corrected chi connectivity index (χ3v) is 2.53. The maximum absolute atomic E-state index is 11.5. The normalized spacial score (nSPS) is 9.90. The average Bonchev–Trinajstić information content (AvgIpc) is 2.49. The number of rotatable bonds is 9. The number of carbonyl (C=O) groups is 2. The first kappa shape index (κ1) is 16.0. The van der Waals surface area contributed by atoms with Crippen LogP contribution in [0.2, 0.25) is 0 Å². The van der Waals surface area contributed by atoms with Crippen LogP contribution in [0.25, 0.3) is 0 Å². The third-order valence-electron chi connectivity index (χ3n) is 2.53. The van der Waals surface area contributed by atoms with Gasteiger partial charge < -0.3 is 19.5 Å². The Bertz CT molecular complexity index is 447. The van der Waals surface area contributed by atoms with Crippen LogP contribution in [0.3, 0.4) is 0 Å². The number of carbonyl (C=O) groups excluding carboxylic acids is 2. The monoisotopic (exact) mass is 281 g/mol. The molecule has 0 heterocycles. The van der Waals surface area contributed by atoms with E-state index in [4.69, 9.17) is 14.2 Å². The van der Waals surface area contributed by atoms with Gasteiger partial charge in [0.05, 0.1) is 7.11 Å². The van der Waals surface area contributed by atoms with Gasteiger partial charge in [0.1, 0.15) is 6.29 Å². The summed E-state index contributed by atoms with van der Waals surface area (Å²) in [5, 5.41) is 2.71. The first-order valence-electron chi connectivity index (χ1n) is 6.23. The van der Waals surface area contributed by atoms with Gasteiger partial charge in [0.25, 0.3) is 5.91 Å². The van der Waals surface area contributed by atoms with Crippen LogP contribution in [0.1, 0.15) is 16.8 Å². The van der Waals surface area contributed by atoms with E-state index >= 15 is 0 Å². The number of aldehydes is 1. The Labute approximate surface area is 118 Å². The first-order chi connectivity index (χ1) is 9.71. The summed E-state index contributed by atoms with van der Waals surface area (Å²) in [5.41, 5.74) is 0.484. The molecule has 0 bridgehead atoms. The molecule has 0 aliphatic carbocycles. The Morgan fingerprint density at radius 1 is 1.30 bits per heavy atom. The van der Waals surface area contributed by atoms with Crippen LogP contribution in [0.15, 0.2) is 18.2 Å². The second-order valence-corrected chi connectivity index (χ2v) is 4.01. The van der Waals surface area contributed by atoms with Gasteiger partial charge in [-0.3, -0.25) is 9.59 Å². The Kier molecular flexibility index (Phi) is 7.13. The predicted octanol–water partition coefficient (Wildman–Crippen LogP) is 1.04. The molecular weight excluding hydrogens is 262 g/mol. The van der Waals surface area contributed by atoms with E-state index < -0.39 is 0 Å². The molecule has 0 saturated heterocycles. The summed E-state index contributed by atoms with van der Waals surface area (Å²) in [7, 11) is 3.09. The molecule has 0 fully saturated rings. The molecule has 6 heteroatoms. The molecule has 1 N–H and O–H groups in total. The highest BCUT2D eigenvalue weighted by molar-refractivity contribution is 5.78. The molecule has 0 aliphatic rings. The molecule has 0 aliphatic heterocycles. The molecule has 0 radical (unpaired) electrons. The van der Waals surface area contributed by atoms with Crippen LogP contribution in [0.5, 0.6) is 11.5 Å². The van der Waals surface area contributed by atoms with E-state index in [0.29, 0.717) is 30.2 Å². The zero-order valence-electron chi connectivity index (χ0n) is 11.7. The van der Waals surface area contributed by atoms with Gasteiger partial charge >= 0.3 is 0 Å². The number of hydrogen-bond acceptors (Lipinski definition) is 5. The first-order valence-corrected chi connectivity index (χ1v) is 6.23. The van der Waals surface area contributed by atoms with E-state index in [-0.39, 0.29) is 12.5 Å². The van der Waals surface area contributed by atoms with Crippen LogP contribution >= 0.6 is 0 Å². The van der Waals surface area contributed by atoms with Crippen LogP contribution in [0, 0.1) is 0 Å². The molecule has 110 valence electrons. The van der Waals surface area contributed by atoms with Crippen LogP contribution in [0.4, 0.5) is 0 Å². The van der Waals surface area contributed by atoms with Gasteiger partial charge in [0.15, 0.2) is 18.1 Å². The van der Waals surface area contributed by atoms with Crippen molar-refractivity contribution in [2.45, 2.75) is 6.42 Å². The summed E-state index contributed by atoms with van der Waals surface area (Å²) in [5.74, 6) is 0.620. The summed E-state index contributed by atoms with van der Waals surface area (Å²) >= 11 is 0. The van der Waals surface area contributed by atoms with E-state index in [1.54, 1.807) is 25.3 Å². The molecule has 0 unspecified atom stereocenters. The molecule has 0 aromatic heterocycles. The van der Waals surface area contributed by atoms with Gasteiger partial charge in [-0.25, -0.2) is 0 Å². The van der Waals surface area contributed by atoms with Gasteiger partial charge in [0.2, 0.25) is 0 Å². The predicted molar refractivity (Wildman–Crippen MR) is 73.4 cm³/mol. The molecule has 0 atom stereocenters. The van der Waals surface area contributed by atoms with Crippen LogP contribution in [-0.4, -0.2) is 46.2 Å². The highest BCUT2D eigenvalue weighted by atomic mass is 16.5. The van der Waals surface area contributed by atoms with Gasteiger partial charge in [0, 0.05) is 25.8 Å². The summed E-state index contributed by atoms with van der Waals surface area (Å²) in [6.07, 6.45) is 1.47. The van der Waals surface area contributed by atoms with Crippen molar-refractivity contribution < 1.29 is 23.8 Å². The van der Waals surface area contributed by atoms with Crippen molar-refractivity contribution in [3.8, 4) is 11.5 Å². The van der Waals surface area contributed by atoms with Crippen molar-refractivity contribution in [3.63, 3.8) is 0 Å². The Morgan fingerprint density at radius 3 is 2.75 bits per heavy atom. The lowest BCUT2D eigenvalue weighted by Crippen LogP contribution is -2.30. The smallest absolute Gasteiger partial charge is 0.257 e. The minimum absolute atomic E-state index is 0.107. The van der Waals surface area contributed by atoms with Crippen molar-refractivity contribution in [1.29, 1.82) is 0 Å². The summed E-state index contributed by atoms with van der Waals surface area (Å²) in [4.78, 5) is 22.2. The second-order valence-electron chi connectivity index (χ2n) is 4.01. The summed E-state index contributed by atoms with van der Waals surface area (Å²) in [6, 6.07) is 4.75. The number of benzene rings is 1. The van der Waals surface area contributed by atoms with Gasteiger partial charge in [-0.1, -0.05) is 0 Å². The molecule has 6 nitrogen and oxygen atoms in total. The van der Waals surface area contributed by atoms with Gasteiger partial charge in [-0.05, 0) is 24.6 Å². The van der Waals surface area contributed by atoms with Crippen LogP contribution < -0.4 is 14.8 Å². The zero-order chi connectivity index (χ0) is 14.8. The van der Waals surface area contributed by atoms with E-state index in [0.717, 1.165) is 12.7 Å². The molecule has 1 amide bonds. The molecular formula is C14H19NO5. The second kappa shape index (κ2) is 8.92. The number of hydrogen-bond donors (Lipinski definition) is 1. The molecule has 1 rings (SSSR count). The molecule has 20 heavy (non-hydrogen) atoms. The minimum Gasteiger partial charge on any atom is -0.493 e. The number of ether oxygens (including phenoxy) is 3. The highest BCUT2D eigenvalue weighted by Gasteiger charge is 2.08. The standard InChI is InChI=1S/C14H19NO5/c1-18-7-3-6-15-14(17)10-20-12-5-4-11(9-16)8-13(12)19-2/h4-5,8-9H,3,6-7,10H2,1-2H3,(H,15,17). The fourth-order valence-corrected chi connectivity index (χ4v) is 1.52. The Balaban J connectivity index is 2.44. The van der Waals surface area contributed by atoms with E-state index in [2.05, 4.69) is 5.32 Å². The van der Waals surface area contributed by atoms with E-state index in [9.17, 15) is 9.59 Å². The lowest BCUT2D eigenvalue weighted by Gasteiger charge is -2.11. The minimum atomic E-state index is -0.220. The summed E-state index contributed by atoms with van der Waals surface area (Å²) < 4.78 is 15.3. The lowest BCUT2D eigenvalue weighted by atomic mass is 10.2. The maximum atomic E-state index is 11.5. The average molecular weight is 281 g/mol. The van der Waals surface area contributed by atoms with Gasteiger partial charge in [-0.2, -0.15) is 0 Å². The SMILES string of the molecule is COCCCNC(=O)COc1ccc(C=O)cc1OC. The highest BCUT2D eigenvalue weighted by Crippen LogP contribution is 2.27. The number of amides is 1. The summed E-state index contributed by atoms with van der Waals surface area (Å²) in [6.45, 7) is 1.03. The van der Waals surface area contributed by atoms with Crippen molar-refractivity contribution in [1.82, 2.24) is 5.32 Å². The fourth-order valence-electron chi connectivity index (χ4n) is 1.52. The number of nitrogens with one attached hydrogen (secondary N) is 1. The van der Waals surface area contributed by atoms with Crippen molar-refractivity contribution in [2.24, 2.45) is 0 Å². The topological polar surface area (TPSA) is 73.9 Å². The fraction of sp³-hybridized carbons (Fsp3) is 0.429. The van der Waals surface area contributed by atoms with Crippen molar-refractivity contribution >= 4 is 12.2 Å². The zero-order valence-corrected chi connectivity index (χ0v) is 11.7. The molecule has 1 aromatic rings. The quantitative estimate of drug-likeness (QED) is 0.541. The number of methoxy groups -OCH3 is 2. The lowest BCUT2D eigenvalue weighted by molar-refractivity contribution is -0.123. The molecule has 1 aromatic carbocycles. The van der Waals surface area contributed by atoms with Crippen LogP contribution in [-0.2, 0) is 9.53 Å². The van der Waals surface area contributed by atoms with E-state index in [1.165, 1.54) is 7.11 Å². The largest absolute Gasteiger partial charge is 0.493 e. The molecule has 0 spiro atoms. The Hall–Kier alpha value is -2.08. The van der Waals surface area contributed by atoms with Crippen molar-refractivity contribution in [2.75, 3.05) is 34.0 Å². The Morgan fingerprint density at radius 2 is 2.10 bits per heavy atom. The van der Waals surface area contributed by atoms with Crippen molar-refractivity contribution in [3.05, 3.63) is 23.8 Å².